The molecule has 1 fully saturated rings. The topological polar surface area (TPSA) is 61.4 Å². The third kappa shape index (κ3) is 4.20. The molecule has 1 unspecified atom stereocenters. The van der Waals surface area contributed by atoms with Gasteiger partial charge < -0.3 is 15.7 Å². The van der Waals surface area contributed by atoms with Gasteiger partial charge in [-0.3, -0.25) is 0 Å². The number of aliphatic hydroxyl groups is 1. The Morgan fingerprint density at radius 3 is 2.85 bits per heavy atom. The average Bonchev–Trinajstić information content (AvgIpc) is 3.17. The van der Waals surface area contributed by atoms with Crippen molar-refractivity contribution >= 4 is 6.03 Å². The number of halogens is 1. The van der Waals surface area contributed by atoms with E-state index in [0.717, 1.165) is 18.4 Å². The molecule has 0 aromatic heterocycles. The Balaban J connectivity index is 1.73. The Hall–Kier alpha value is -1.62. The maximum absolute atomic E-state index is 13.1. The van der Waals surface area contributed by atoms with Crippen molar-refractivity contribution in [1.29, 1.82) is 0 Å². The molecule has 1 saturated carbocycles. The fourth-order valence-electron chi connectivity index (χ4n) is 2.18. The first-order valence-electron chi connectivity index (χ1n) is 6.93. The van der Waals surface area contributed by atoms with Gasteiger partial charge in [0.15, 0.2) is 0 Å². The summed E-state index contributed by atoms with van der Waals surface area (Å²) < 4.78 is 13.1. The van der Waals surface area contributed by atoms with Gasteiger partial charge in [0.25, 0.3) is 0 Å². The highest BCUT2D eigenvalue weighted by atomic mass is 19.1. The quantitative estimate of drug-likeness (QED) is 0.744. The van der Waals surface area contributed by atoms with Crippen molar-refractivity contribution < 1.29 is 14.3 Å². The summed E-state index contributed by atoms with van der Waals surface area (Å²) >= 11 is 0. The SMILES string of the molecule is CC(Cc1cccc(F)c1)NC(=O)NCC1(CO)CC1. The van der Waals surface area contributed by atoms with Crippen LogP contribution in [0.15, 0.2) is 24.3 Å². The lowest BCUT2D eigenvalue weighted by Crippen LogP contribution is -2.44. The molecule has 0 heterocycles. The molecule has 0 spiro atoms. The molecule has 2 amide bonds. The van der Waals surface area contributed by atoms with Crippen molar-refractivity contribution in [3.05, 3.63) is 35.6 Å². The third-order valence-corrected chi connectivity index (χ3v) is 3.72. The summed E-state index contributed by atoms with van der Waals surface area (Å²) in [5.41, 5.74) is 0.759. The largest absolute Gasteiger partial charge is 0.396 e. The second-order valence-electron chi connectivity index (χ2n) is 5.72. The Bertz CT molecular complexity index is 475. The zero-order valence-corrected chi connectivity index (χ0v) is 11.7. The minimum absolute atomic E-state index is 0.0823. The van der Waals surface area contributed by atoms with Crippen LogP contribution < -0.4 is 10.6 Å². The molecule has 110 valence electrons. The lowest BCUT2D eigenvalue weighted by atomic mass is 10.1. The van der Waals surface area contributed by atoms with Gasteiger partial charge in [-0.15, -0.1) is 0 Å². The van der Waals surface area contributed by atoms with Crippen LogP contribution in [0.25, 0.3) is 0 Å². The van der Waals surface area contributed by atoms with Gasteiger partial charge in [-0.05, 0) is 43.9 Å². The van der Waals surface area contributed by atoms with Crippen molar-refractivity contribution in [3.8, 4) is 0 Å². The van der Waals surface area contributed by atoms with E-state index in [1.165, 1.54) is 12.1 Å². The summed E-state index contributed by atoms with van der Waals surface area (Å²) in [5.74, 6) is -0.266. The standard InChI is InChI=1S/C15H21FN2O2/c1-11(7-12-3-2-4-13(16)8-12)18-14(20)17-9-15(10-19)5-6-15/h2-4,8,11,19H,5-7,9-10H2,1H3,(H2,17,18,20). The normalized spacial score (nSPS) is 17.4. The van der Waals surface area contributed by atoms with E-state index in [-0.39, 0.29) is 29.9 Å². The third-order valence-electron chi connectivity index (χ3n) is 3.72. The molecule has 1 atom stereocenters. The lowest BCUT2D eigenvalue weighted by molar-refractivity contribution is 0.202. The Morgan fingerprint density at radius 1 is 1.50 bits per heavy atom. The van der Waals surface area contributed by atoms with E-state index < -0.39 is 0 Å². The summed E-state index contributed by atoms with van der Waals surface area (Å²) in [6, 6.07) is 6.05. The molecule has 1 aliphatic carbocycles. The molecule has 5 heteroatoms. The minimum Gasteiger partial charge on any atom is -0.396 e. The molecular formula is C15H21FN2O2. The number of amides is 2. The molecule has 1 aromatic carbocycles. The Morgan fingerprint density at radius 2 is 2.25 bits per heavy atom. The number of hydrogen-bond donors (Lipinski definition) is 3. The number of aliphatic hydroxyl groups excluding tert-OH is 1. The van der Waals surface area contributed by atoms with Gasteiger partial charge in [0.2, 0.25) is 0 Å². The summed E-state index contributed by atoms with van der Waals surface area (Å²) in [7, 11) is 0. The van der Waals surface area contributed by atoms with Gasteiger partial charge >= 0.3 is 6.03 Å². The molecule has 4 nitrogen and oxygen atoms in total. The van der Waals surface area contributed by atoms with Crippen LogP contribution >= 0.6 is 0 Å². The van der Waals surface area contributed by atoms with Crippen LogP contribution in [0.4, 0.5) is 9.18 Å². The number of carbonyl (C=O) groups is 1. The first-order chi connectivity index (χ1) is 9.53. The zero-order chi connectivity index (χ0) is 14.6. The van der Waals surface area contributed by atoms with Crippen LogP contribution in [-0.4, -0.2) is 30.3 Å². The average molecular weight is 280 g/mol. The van der Waals surface area contributed by atoms with Crippen molar-refractivity contribution in [3.63, 3.8) is 0 Å². The van der Waals surface area contributed by atoms with Crippen LogP contribution in [0.1, 0.15) is 25.3 Å². The van der Waals surface area contributed by atoms with Crippen molar-refractivity contribution in [2.75, 3.05) is 13.2 Å². The summed E-state index contributed by atoms with van der Waals surface area (Å²) in [4.78, 5) is 11.7. The maximum Gasteiger partial charge on any atom is 0.315 e. The number of urea groups is 1. The minimum atomic E-state index is -0.266. The summed E-state index contributed by atoms with van der Waals surface area (Å²) in [6.45, 7) is 2.50. The second kappa shape index (κ2) is 6.22. The number of carbonyl (C=O) groups excluding carboxylic acids is 1. The van der Waals surface area contributed by atoms with Gasteiger partial charge in [0.1, 0.15) is 5.82 Å². The molecule has 0 bridgehead atoms. The Kier molecular flexibility index (Phi) is 4.60. The monoisotopic (exact) mass is 280 g/mol. The number of benzene rings is 1. The molecule has 1 aliphatic rings. The van der Waals surface area contributed by atoms with E-state index in [1.54, 1.807) is 6.07 Å². The van der Waals surface area contributed by atoms with E-state index in [1.807, 2.05) is 13.0 Å². The van der Waals surface area contributed by atoms with Crippen LogP contribution in [0, 0.1) is 11.2 Å². The fraction of sp³-hybridized carbons (Fsp3) is 0.533. The zero-order valence-electron chi connectivity index (χ0n) is 11.7. The van der Waals surface area contributed by atoms with Gasteiger partial charge in [-0.2, -0.15) is 0 Å². The van der Waals surface area contributed by atoms with Crippen molar-refractivity contribution in [2.45, 2.75) is 32.2 Å². The predicted octanol–water partition coefficient (Wildman–Crippen LogP) is 1.83. The number of rotatable bonds is 6. The van der Waals surface area contributed by atoms with Gasteiger partial charge in [0.05, 0.1) is 6.61 Å². The van der Waals surface area contributed by atoms with E-state index in [9.17, 15) is 9.18 Å². The molecule has 0 aliphatic heterocycles. The lowest BCUT2D eigenvalue weighted by Gasteiger charge is -2.17. The molecule has 20 heavy (non-hydrogen) atoms. The van der Waals surface area contributed by atoms with E-state index in [0.29, 0.717) is 13.0 Å². The van der Waals surface area contributed by atoms with Crippen LogP contribution in [-0.2, 0) is 6.42 Å². The van der Waals surface area contributed by atoms with Crippen LogP contribution in [0.5, 0.6) is 0 Å². The van der Waals surface area contributed by atoms with E-state index in [2.05, 4.69) is 10.6 Å². The smallest absolute Gasteiger partial charge is 0.315 e. The highest BCUT2D eigenvalue weighted by molar-refractivity contribution is 5.74. The molecule has 0 radical (unpaired) electrons. The molecule has 2 rings (SSSR count). The highest BCUT2D eigenvalue weighted by Gasteiger charge is 2.42. The Labute approximate surface area is 118 Å². The van der Waals surface area contributed by atoms with E-state index >= 15 is 0 Å². The van der Waals surface area contributed by atoms with Crippen LogP contribution in [0.3, 0.4) is 0 Å². The van der Waals surface area contributed by atoms with Gasteiger partial charge in [-0.1, -0.05) is 12.1 Å². The van der Waals surface area contributed by atoms with Crippen molar-refractivity contribution in [1.82, 2.24) is 10.6 Å². The first kappa shape index (κ1) is 14.8. The first-order valence-corrected chi connectivity index (χ1v) is 6.93. The second-order valence-corrected chi connectivity index (χ2v) is 5.72. The van der Waals surface area contributed by atoms with Gasteiger partial charge in [0, 0.05) is 18.0 Å². The predicted molar refractivity (Wildman–Crippen MR) is 74.9 cm³/mol. The van der Waals surface area contributed by atoms with E-state index in [4.69, 9.17) is 5.11 Å². The highest BCUT2D eigenvalue weighted by Crippen LogP contribution is 2.44. The van der Waals surface area contributed by atoms with Crippen LogP contribution in [0.2, 0.25) is 0 Å². The number of nitrogens with one attached hydrogen (secondary N) is 2. The summed E-state index contributed by atoms with van der Waals surface area (Å²) in [5, 5.41) is 14.8. The molecule has 0 saturated heterocycles. The molecular weight excluding hydrogens is 259 g/mol. The van der Waals surface area contributed by atoms with Gasteiger partial charge in [-0.25, -0.2) is 9.18 Å². The number of hydrogen-bond acceptors (Lipinski definition) is 2. The molecule has 3 N–H and O–H groups in total. The maximum atomic E-state index is 13.1. The summed E-state index contributed by atoms with van der Waals surface area (Å²) in [6.07, 6.45) is 2.50. The fourth-order valence-corrected chi connectivity index (χ4v) is 2.18. The van der Waals surface area contributed by atoms with Crippen molar-refractivity contribution in [2.24, 2.45) is 5.41 Å². The molecule has 1 aromatic rings.